The number of hydrogen-bond donors (Lipinski definition) is 6. The highest BCUT2D eigenvalue weighted by Gasteiger charge is 2.22. The second-order valence-electron chi connectivity index (χ2n) is 29.2. The van der Waals surface area contributed by atoms with Gasteiger partial charge >= 0.3 is 29.8 Å². The van der Waals surface area contributed by atoms with E-state index in [9.17, 15) is 29.1 Å². The van der Waals surface area contributed by atoms with E-state index in [1.807, 2.05) is 158 Å². The second kappa shape index (κ2) is 71.7. The van der Waals surface area contributed by atoms with Crippen molar-refractivity contribution in [2.24, 2.45) is 29.6 Å². The van der Waals surface area contributed by atoms with E-state index in [1.165, 1.54) is 104 Å². The number of hydrogen-bond acceptors (Lipinski definition) is 16. The van der Waals surface area contributed by atoms with Crippen LogP contribution in [0.25, 0.3) is 21.5 Å². The van der Waals surface area contributed by atoms with Crippen LogP contribution in [0.2, 0.25) is 0 Å². The molecule has 2 saturated carbocycles. The molecule has 2 aliphatic rings. The van der Waals surface area contributed by atoms with Gasteiger partial charge in [-0.1, -0.05) is 281 Å². The Morgan fingerprint density at radius 3 is 1.05 bits per heavy atom. The molecular formula is C102H156O16. The number of phenols is 5. The van der Waals surface area contributed by atoms with E-state index in [4.69, 9.17) is 44.5 Å². The van der Waals surface area contributed by atoms with Crippen LogP contribution in [0.1, 0.15) is 303 Å². The molecule has 16 heteroatoms. The molecule has 7 atom stereocenters. The number of rotatable bonds is 20. The first kappa shape index (κ1) is 113. The van der Waals surface area contributed by atoms with E-state index in [-0.39, 0.29) is 96.4 Å². The average Bonchev–Trinajstić information content (AvgIpc) is 0.840. The normalized spacial score (nSPS) is 13.3. The zero-order chi connectivity index (χ0) is 89.8. The van der Waals surface area contributed by atoms with Gasteiger partial charge in [-0.3, -0.25) is 24.0 Å². The van der Waals surface area contributed by atoms with Gasteiger partial charge in [-0.2, -0.15) is 0 Å². The molecule has 0 saturated heterocycles. The molecule has 16 nitrogen and oxygen atoms in total. The molecule has 0 aromatic heterocycles. The second-order valence-corrected chi connectivity index (χ2v) is 29.2. The summed E-state index contributed by atoms with van der Waals surface area (Å²) in [6.07, 6.45) is 21.1. The Kier molecular flexibility index (Phi) is 68.5. The van der Waals surface area contributed by atoms with E-state index in [0.29, 0.717) is 40.6 Å². The molecule has 2 fully saturated rings. The molecule has 0 aliphatic heterocycles. The molecule has 8 aromatic carbocycles. The van der Waals surface area contributed by atoms with Crippen molar-refractivity contribution in [3.05, 3.63) is 199 Å². The predicted molar refractivity (Wildman–Crippen MR) is 491 cm³/mol. The van der Waals surface area contributed by atoms with Crippen LogP contribution < -0.4 is 9.47 Å². The number of aryl methyl sites for hydroxylation is 1. The Bertz CT molecular complexity index is 3660. The lowest BCUT2D eigenvalue weighted by Gasteiger charge is -2.23. The van der Waals surface area contributed by atoms with Gasteiger partial charge in [-0.25, -0.2) is 0 Å². The van der Waals surface area contributed by atoms with Gasteiger partial charge in [0, 0.05) is 5.39 Å². The summed E-state index contributed by atoms with van der Waals surface area (Å²) in [6, 6.07) is 55.4. The van der Waals surface area contributed by atoms with Gasteiger partial charge < -0.3 is 54.3 Å². The lowest BCUT2D eigenvalue weighted by molar-refractivity contribution is -0.155. The number of esters is 5. The largest absolute Gasteiger partial charge is 0.508 e. The summed E-state index contributed by atoms with van der Waals surface area (Å²) in [5.41, 5.74) is 3.83. The first-order chi connectivity index (χ1) is 56.5. The Morgan fingerprint density at radius 1 is 0.347 bits per heavy atom. The van der Waals surface area contributed by atoms with Crippen molar-refractivity contribution in [3.63, 3.8) is 0 Å². The van der Waals surface area contributed by atoms with Crippen molar-refractivity contribution < 1.29 is 78.3 Å². The first-order valence-electron chi connectivity index (χ1n) is 43.9. The lowest BCUT2D eigenvalue weighted by Crippen LogP contribution is -2.24. The number of carbonyl (C=O) groups is 5. The summed E-state index contributed by atoms with van der Waals surface area (Å²) in [7, 11) is 0. The monoisotopic (exact) mass is 1640 g/mol. The smallest absolute Gasteiger partial charge is 0.314 e. The van der Waals surface area contributed by atoms with Gasteiger partial charge in [0.2, 0.25) is 0 Å². The Balaban J connectivity index is -0.00000125. The quantitative estimate of drug-likeness (QED) is 0.0236. The van der Waals surface area contributed by atoms with Crippen molar-refractivity contribution in [3.8, 4) is 40.2 Å². The van der Waals surface area contributed by atoms with Crippen molar-refractivity contribution in [1.29, 1.82) is 0 Å². The predicted octanol–water partition coefficient (Wildman–Crippen LogP) is 27.5. The van der Waals surface area contributed by atoms with Crippen LogP contribution >= 0.6 is 0 Å². The van der Waals surface area contributed by atoms with E-state index in [1.54, 1.807) is 61.5 Å². The molecule has 6 N–H and O–H groups in total. The summed E-state index contributed by atoms with van der Waals surface area (Å²) in [5, 5.41) is 58.2. The average molecular weight is 1640 g/mol. The van der Waals surface area contributed by atoms with Gasteiger partial charge in [-0.15, -0.1) is 0 Å². The van der Waals surface area contributed by atoms with E-state index in [2.05, 4.69) is 103 Å². The van der Waals surface area contributed by atoms with Crippen LogP contribution in [0.15, 0.2) is 182 Å². The fourth-order valence-electron chi connectivity index (χ4n) is 10.1. The molecular weight excluding hydrogens is 1480 g/mol. The van der Waals surface area contributed by atoms with Gasteiger partial charge in [0.25, 0.3) is 0 Å². The maximum Gasteiger partial charge on any atom is 0.314 e. The SMILES string of the molecule is CC.CC.CCC.CCC.CCC(C)C(=O)OC1CCCCC1.CCC(C)C(=O)OC1CCCCC1.CCC(C)C(=O)OCCO.CCC(C)C(=O)Oc1ccc(O)cc1.CCC(C)C(=O)Oc1ccc(O)cc1.CCC(C)c1ccc(O)cc1.CCC(C)c1ccc2ccccc2c1.Cc1cccc(O)c1.Oc1cccc2ccccc12. The first-order valence-corrected chi connectivity index (χ1v) is 43.9. The molecule has 10 rings (SSSR count). The molecule has 0 bridgehead atoms. The van der Waals surface area contributed by atoms with Gasteiger partial charge in [0.15, 0.2) is 0 Å². The third-order valence-electron chi connectivity index (χ3n) is 19.0. The molecule has 660 valence electrons. The fourth-order valence-corrected chi connectivity index (χ4v) is 10.1. The number of ether oxygens (including phenoxy) is 5. The van der Waals surface area contributed by atoms with Crippen LogP contribution in [0.3, 0.4) is 0 Å². The van der Waals surface area contributed by atoms with Gasteiger partial charge in [0.1, 0.15) is 59.1 Å². The topological polar surface area (TPSA) is 253 Å². The molecule has 0 heterocycles. The molecule has 0 radical (unpaired) electrons. The van der Waals surface area contributed by atoms with Gasteiger partial charge in [-0.05, 0) is 227 Å². The van der Waals surface area contributed by atoms with Crippen molar-refractivity contribution >= 4 is 51.4 Å². The van der Waals surface area contributed by atoms with Crippen molar-refractivity contribution in [1.82, 2.24) is 0 Å². The van der Waals surface area contributed by atoms with Crippen LogP contribution in [0.5, 0.6) is 40.2 Å². The van der Waals surface area contributed by atoms with E-state index >= 15 is 0 Å². The summed E-state index contributed by atoms with van der Waals surface area (Å²) in [4.78, 5) is 56.3. The maximum atomic E-state index is 11.4. The minimum Gasteiger partial charge on any atom is -0.508 e. The number of benzene rings is 8. The number of phenolic OH excluding ortho intramolecular Hbond substituents is 5. The Hall–Kier alpha value is -9.41. The number of aliphatic hydroxyl groups is 1. The Morgan fingerprint density at radius 2 is 0.686 bits per heavy atom. The van der Waals surface area contributed by atoms with Crippen LogP contribution in [-0.2, 0) is 38.2 Å². The summed E-state index contributed by atoms with van der Waals surface area (Å²) >= 11 is 0. The van der Waals surface area contributed by atoms with Crippen LogP contribution in [-0.4, -0.2) is 85.9 Å². The van der Waals surface area contributed by atoms with Crippen LogP contribution in [0, 0.1) is 36.5 Å². The maximum absolute atomic E-state index is 11.4. The number of carbonyl (C=O) groups excluding carboxylic acids is 5. The van der Waals surface area contributed by atoms with Crippen LogP contribution in [0.4, 0.5) is 0 Å². The van der Waals surface area contributed by atoms with Crippen molar-refractivity contribution in [2.45, 2.75) is 305 Å². The molecule has 0 spiro atoms. The van der Waals surface area contributed by atoms with Gasteiger partial charge in [0.05, 0.1) is 36.2 Å². The minimum atomic E-state index is -0.238. The molecule has 7 unspecified atom stereocenters. The highest BCUT2D eigenvalue weighted by atomic mass is 16.6. The standard InChI is InChI=1S/C14H16.2C11H14O3.2C11H20O2.C10H8O.C10H14O.C7H14O3.C7H8O.2C3H8.2C2H6/c1-3-11(2)13-9-8-12-6-4-5-7-14(12)10-13;2*1-3-8(2)11(13)14-10-6-4-9(12)5-7-10;2*1-3-9(2)11(12)13-10-7-5-4-6-8-10;11-10-7-3-5-8-4-1-2-6-9(8)10;1-3-8(2)9-4-6-10(11)7-5-9;1-3-6(2)7(9)10-5-4-8;1-6-3-2-4-7(8)5-6;2*1-3-2;2*1-2/h4-11H,3H2,1-2H3;2*4-8,12H,3H2,1-2H3;2*9-10H,3-8H2,1-2H3;1-7,11H;4-8,11H,3H2,1-2H3;6,8H,3-5H2,1-2H3;2-5,8H,1H3;2*3H2,1-2H3;2*1-2H3. The summed E-state index contributed by atoms with van der Waals surface area (Å²) < 4.78 is 25.6. The number of fused-ring (bicyclic) bond motifs is 2. The third-order valence-corrected chi connectivity index (χ3v) is 19.0. The molecule has 0 amide bonds. The molecule has 2 aliphatic carbocycles. The van der Waals surface area contributed by atoms with Crippen molar-refractivity contribution in [2.75, 3.05) is 13.2 Å². The highest BCUT2D eigenvalue weighted by molar-refractivity contribution is 5.88. The zero-order valence-corrected chi connectivity index (χ0v) is 76.6. The number of aliphatic hydroxyl groups excluding tert-OH is 1. The molecule has 118 heavy (non-hydrogen) atoms. The van der Waals surface area contributed by atoms with E-state index in [0.717, 1.165) is 80.5 Å². The summed E-state index contributed by atoms with van der Waals surface area (Å²) in [5.74, 6) is 2.74. The molecule has 8 aromatic rings. The summed E-state index contributed by atoms with van der Waals surface area (Å²) in [6.45, 7) is 46.5. The van der Waals surface area contributed by atoms with E-state index < -0.39 is 0 Å². The minimum absolute atomic E-state index is 0.00519. The Labute approximate surface area is 712 Å². The third kappa shape index (κ3) is 53.1. The lowest BCUT2D eigenvalue weighted by atomic mass is 9.96. The highest BCUT2D eigenvalue weighted by Crippen LogP contribution is 2.28. The fraction of sp³-hybridized carbons (Fsp3) is 0.520. The number of aromatic hydroxyl groups is 5. The zero-order valence-electron chi connectivity index (χ0n) is 76.6.